The van der Waals surface area contributed by atoms with Gasteiger partial charge in [0.1, 0.15) is 5.75 Å². The molecule has 0 aromatic heterocycles. The van der Waals surface area contributed by atoms with Gasteiger partial charge in [0.15, 0.2) is 6.79 Å². The maximum absolute atomic E-state index is 5.39. The van der Waals surface area contributed by atoms with Gasteiger partial charge in [0.2, 0.25) is 0 Å². The van der Waals surface area contributed by atoms with Gasteiger partial charge in [-0.15, -0.1) is 0 Å². The van der Waals surface area contributed by atoms with E-state index in [1.165, 1.54) is 5.56 Å². The van der Waals surface area contributed by atoms with Crippen molar-refractivity contribution in [2.24, 2.45) is 0 Å². The zero-order valence-corrected chi connectivity index (χ0v) is 11.1. The van der Waals surface area contributed by atoms with Crippen molar-refractivity contribution in [1.29, 1.82) is 0 Å². The van der Waals surface area contributed by atoms with Gasteiger partial charge in [0.25, 0.3) is 0 Å². The lowest BCUT2D eigenvalue weighted by atomic mass is 10.2. The molecule has 78 valence electrons. The van der Waals surface area contributed by atoms with Crippen LogP contribution in [0.15, 0.2) is 22.7 Å². The van der Waals surface area contributed by atoms with E-state index >= 15 is 0 Å². The number of ether oxygens (including phenoxy) is 2. The molecule has 0 saturated heterocycles. The topological polar surface area (TPSA) is 18.5 Å². The van der Waals surface area contributed by atoms with E-state index in [0.717, 1.165) is 15.6 Å². The Balaban J connectivity index is 2.59. The number of benzene rings is 1. The van der Waals surface area contributed by atoms with E-state index in [1.807, 2.05) is 25.1 Å². The Morgan fingerprint density at radius 3 is 2.71 bits per heavy atom. The Bertz CT molecular complexity index is 289. The number of alkyl halides is 1. The first kappa shape index (κ1) is 12.0. The Labute approximate surface area is 101 Å². The van der Waals surface area contributed by atoms with Crippen LogP contribution >= 0.6 is 31.9 Å². The van der Waals surface area contributed by atoms with Crippen LogP contribution in [0.25, 0.3) is 0 Å². The van der Waals surface area contributed by atoms with Crippen LogP contribution in [0.1, 0.15) is 12.5 Å². The molecule has 0 aliphatic rings. The first-order chi connectivity index (χ1) is 6.77. The minimum absolute atomic E-state index is 0.294. The summed E-state index contributed by atoms with van der Waals surface area (Å²) in [6, 6.07) is 5.97. The average molecular weight is 324 g/mol. The van der Waals surface area contributed by atoms with Crippen molar-refractivity contribution in [3.63, 3.8) is 0 Å². The van der Waals surface area contributed by atoms with E-state index in [0.29, 0.717) is 13.4 Å². The molecule has 0 bridgehead atoms. The van der Waals surface area contributed by atoms with Crippen molar-refractivity contribution in [3.8, 4) is 5.75 Å². The SMILES string of the molecule is CCOCOc1ccc(CBr)cc1Br. The fourth-order valence-corrected chi connectivity index (χ4v) is 1.82. The second kappa shape index (κ2) is 6.43. The smallest absolute Gasteiger partial charge is 0.189 e. The number of hydrogen-bond donors (Lipinski definition) is 0. The first-order valence-corrected chi connectivity index (χ1v) is 6.24. The summed E-state index contributed by atoms with van der Waals surface area (Å²) >= 11 is 6.83. The Hall–Kier alpha value is -0.0600. The molecule has 0 unspecified atom stereocenters. The molecular weight excluding hydrogens is 312 g/mol. The lowest BCUT2D eigenvalue weighted by Gasteiger charge is -2.08. The summed E-state index contributed by atoms with van der Waals surface area (Å²) in [5.74, 6) is 0.808. The first-order valence-electron chi connectivity index (χ1n) is 4.33. The summed E-state index contributed by atoms with van der Waals surface area (Å²) in [4.78, 5) is 0. The van der Waals surface area contributed by atoms with Crippen molar-refractivity contribution in [3.05, 3.63) is 28.2 Å². The van der Waals surface area contributed by atoms with Gasteiger partial charge < -0.3 is 9.47 Å². The van der Waals surface area contributed by atoms with Gasteiger partial charge in [-0.25, -0.2) is 0 Å². The molecule has 14 heavy (non-hydrogen) atoms. The molecule has 0 N–H and O–H groups in total. The van der Waals surface area contributed by atoms with Gasteiger partial charge >= 0.3 is 0 Å². The van der Waals surface area contributed by atoms with Crippen LogP contribution in [0.3, 0.4) is 0 Å². The molecule has 4 heteroatoms. The van der Waals surface area contributed by atoms with Crippen LogP contribution in [0, 0.1) is 0 Å². The Morgan fingerprint density at radius 2 is 2.14 bits per heavy atom. The fourth-order valence-electron chi connectivity index (χ4n) is 0.933. The van der Waals surface area contributed by atoms with E-state index in [-0.39, 0.29) is 0 Å². The molecule has 0 saturated carbocycles. The largest absolute Gasteiger partial charge is 0.466 e. The molecule has 0 radical (unpaired) electrons. The van der Waals surface area contributed by atoms with E-state index in [9.17, 15) is 0 Å². The van der Waals surface area contributed by atoms with E-state index < -0.39 is 0 Å². The summed E-state index contributed by atoms with van der Waals surface area (Å²) in [6.07, 6.45) is 0. The monoisotopic (exact) mass is 322 g/mol. The van der Waals surface area contributed by atoms with Crippen LogP contribution in [-0.4, -0.2) is 13.4 Å². The molecule has 0 spiro atoms. The zero-order chi connectivity index (χ0) is 10.4. The quantitative estimate of drug-likeness (QED) is 0.467. The van der Waals surface area contributed by atoms with Gasteiger partial charge in [-0.2, -0.15) is 0 Å². The second-order valence-electron chi connectivity index (χ2n) is 2.65. The molecule has 0 aliphatic heterocycles. The molecule has 1 rings (SSSR count). The van der Waals surface area contributed by atoms with Gasteiger partial charge in [-0.3, -0.25) is 0 Å². The minimum atomic E-state index is 0.294. The predicted octanol–water partition coefficient (Wildman–Crippen LogP) is 3.72. The van der Waals surface area contributed by atoms with Crippen molar-refractivity contribution < 1.29 is 9.47 Å². The molecule has 0 fully saturated rings. The van der Waals surface area contributed by atoms with Crippen LogP contribution in [0.4, 0.5) is 0 Å². The average Bonchev–Trinajstić information content (AvgIpc) is 2.20. The summed E-state index contributed by atoms with van der Waals surface area (Å²) in [6.45, 7) is 2.90. The zero-order valence-electron chi connectivity index (χ0n) is 7.93. The summed E-state index contributed by atoms with van der Waals surface area (Å²) in [7, 11) is 0. The number of halogens is 2. The Morgan fingerprint density at radius 1 is 1.36 bits per heavy atom. The van der Waals surface area contributed by atoms with Crippen molar-refractivity contribution in [2.75, 3.05) is 13.4 Å². The summed E-state index contributed by atoms with van der Waals surface area (Å²) < 4.78 is 11.4. The highest BCUT2D eigenvalue weighted by Crippen LogP contribution is 2.26. The van der Waals surface area contributed by atoms with E-state index in [4.69, 9.17) is 9.47 Å². The number of rotatable bonds is 5. The predicted molar refractivity (Wildman–Crippen MR) is 63.9 cm³/mol. The summed E-state index contributed by atoms with van der Waals surface area (Å²) in [5, 5.41) is 0.845. The third-order valence-corrected chi connectivity index (χ3v) is 2.92. The standard InChI is InChI=1S/C10H12Br2O2/c1-2-13-7-14-10-4-3-8(6-11)5-9(10)12/h3-5H,2,6-7H2,1H3. The fraction of sp³-hybridized carbons (Fsp3) is 0.400. The maximum Gasteiger partial charge on any atom is 0.189 e. The van der Waals surface area contributed by atoms with Crippen LogP contribution < -0.4 is 4.74 Å². The highest BCUT2D eigenvalue weighted by Gasteiger charge is 2.01. The highest BCUT2D eigenvalue weighted by atomic mass is 79.9. The Kier molecular flexibility index (Phi) is 5.52. The van der Waals surface area contributed by atoms with Gasteiger partial charge in [0, 0.05) is 11.9 Å². The molecule has 2 nitrogen and oxygen atoms in total. The summed E-state index contributed by atoms with van der Waals surface area (Å²) in [5.41, 5.74) is 1.21. The van der Waals surface area contributed by atoms with Crippen LogP contribution in [0.5, 0.6) is 5.75 Å². The normalized spacial score (nSPS) is 10.2. The molecule has 1 aromatic rings. The van der Waals surface area contributed by atoms with Gasteiger partial charge in [-0.1, -0.05) is 22.0 Å². The second-order valence-corrected chi connectivity index (χ2v) is 4.07. The van der Waals surface area contributed by atoms with E-state index in [1.54, 1.807) is 0 Å². The molecule has 0 heterocycles. The maximum atomic E-state index is 5.39. The van der Waals surface area contributed by atoms with Crippen molar-refractivity contribution >= 4 is 31.9 Å². The molecule has 0 atom stereocenters. The molecule has 1 aromatic carbocycles. The van der Waals surface area contributed by atoms with Gasteiger partial charge in [-0.05, 0) is 40.5 Å². The van der Waals surface area contributed by atoms with Gasteiger partial charge in [0.05, 0.1) is 4.47 Å². The number of hydrogen-bond acceptors (Lipinski definition) is 2. The van der Waals surface area contributed by atoms with Crippen LogP contribution in [0.2, 0.25) is 0 Å². The van der Waals surface area contributed by atoms with Crippen LogP contribution in [-0.2, 0) is 10.1 Å². The lowest BCUT2D eigenvalue weighted by molar-refractivity contribution is 0.0219. The molecule has 0 aliphatic carbocycles. The lowest BCUT2D eigenvalue weighted by Crippen LogP contribution is -2.02. The van der Waals surface area contributed by atoms with Crippen molar-refractivity contribution in [2.45, 2.75) is 12.3 Å². The minimum Gasteiger partial charge on any atom is -0.466 e. The van der Waals surface area contributed by atoms with E-state index in [2.05, 4.69) is 31.9 Å². The highest BCUT2D eigenvalue weighted by molar-refractivity contribution is 9.10. The third-order valence-electron chi connectivity index (χ3n) is 1.65. The molecule has 0 amide bonds. The van der Waals surface area contributed by atoms with Crippen molar-refractivity contribution in [1.82, 2.24) is 0 Å². The third kappa shape index (κ3) is 3.59. The molecular formula is C10H12Br2O2.